The predicted octanol–water partition coefficient (Wildman–Crippen LogP) is 3.30. The molecular formula is C36H46N8O9. The minimum Gasteiger partial charge on any atom is -0.368 e. The first-order chi connectivity index (χ1) is 25.0. The van der Waals surface area contributed by atoms with Crippen LogP contribution in [0, 0.1) is 32.1 Å². The highest BCUT2D eigenvalue weighted by Gasteiger charge is 2.33. The molecule has 53 heavy (non-hydrogen) atoms. The molecule has 3 aromatic rings. The van der Waals surface area contributed by atoms with Gasteiger partial charge in [0.05, 0.1) is 15.9 Å². The fourth-order valence-corrected chi connectivity index (χ4v) is 5.43. The van der Waals surface area contributed by atoms with Crippen LogP contribution in [0.1, 0.15) is 51.4 Å². The van der Waals surface area contributed by atoms with E-state index < -0.39 is 74.9 Å². The summed E-state index contributed by atoms with van der Waals surface area (Å²) in [6.07, 6.45) is 3.43. The van der Waals surface area contributed by atoms with Crippen molar-refractivity contribution in [3.63, 3.8) is 0 Å². The summed E-state index contributed by atoms with van der Waals surface area (Å²) in [5, 5.41) is 33.8. The number of hydrogen-bond acceptors (Lipinski definition) is 10. The van der Waals surface area contributed by atoms with Gasteiger partial charge in [0.25, 0.3) is 11.4 Å². The summed E-state index contributed by atoms with van der Waals surface area (Å²) in [5.41, 5.74) is -0.580. The minimum absolute atomic E-state index is 0.00925. The number of nitro benzene ring substituents is 2. The standard InChI is InChI=1S/C36H46N8O9/c1-22(2)18-29(36(49)41(6)21-31(45)42-16-10-11-17-42)39-35(48)32(23(3)4)40-33(46)24(5)37-34(47)28(19-25-12-8-7-9-13-25)38-27-15-14-26(43(50)51)20-30(27)44(52)53/h7-17,20,22-24,28-29,32,38H,18-19,21H2,1-6H3,(H,37,47)(H,39,48)(H,40,46)/t24-,28-,29-,32-/m0/s1. The molecule has 0 fully saturated rings. The average Bonchev–Trinajstić information content (AvgIpc) is 3.65. The molecule has 0 aliphatic heterocycles. The molecule has 17 heteroatoms. The van der Waals surface area contributed by atoms with Gasteiger partial charge < -0.3 is 26.2 Å². The molecule has 0 spiro atoms. The van der Waals surface area contributed by atoms with Gasteiger partial charge in [-0.1, -0.05) is 58.0 Å². The fourth-order valence-electron chi connectivity index (χ4n) is 5.43. The van der Waals surface area contributed by atoms with Crippen LogP contribution in [-0.2, 0) is 25.6 Å². The Hall–Kier alpha value is -6.13. The number of carbonyl (C=O) groups is 5. The molecule has 284 valence electrons. The van der Waals surface area contributed by atoms with Crippen LogP contribution in [0.3, 0.4) is 0 Å². The van der Waals surface area contributed by atoms with Crippen LogP contribution in [-0.4, -0.2) is 86.6 Å². The maximum atomic E-state index is 13.6. The molecule has 4 amide bonds. The molecular weight excluding hydrogens is 688 g/mol. The van der Waals surface area contributed by atoms with Crippen LogP contribution in [0.5, 0.6) is 0 Å². The number of aromatic nitrogens is 1. The summed E-state index contributed by atoms with van der Waals surface area (Å²) < 4.78 is 1.35. The predicted molar refractivity (Wildman–Crippen MR) is 196 cm³/mol. The lowest BCUT2D eigenvalue weighted by atomic mass is 9.99. The molecule has 0 radical (unpaired) electrons. The Kier molecular flexibility index (Phi) is 14.7. The monoisotopic (exact) mass is 734 g/mol. The lowest BCUT2D eigenvalue weighted by Gasteiger charge is -2.29. The number of non-ortho nitro benzene ring substituents is 1. The lowest BCUT2D eigenvalue weighted by molar-refractivity contribution is -0.393. The number of nitrogens with zero attached hydrogens (tertiary/aromatic N) is 4. The highest BCUT2D eigenvalue weighted by molar-refractivity contribution is 5.96. The molecule has 1 heterocycles. The second-order valence-electron chi connectivity index (χ2n) is 13.4. The molecule has 17 nitrogen and oxygen atoms in total. The smallest absolute Gasteiger partial charge is 0.299 e. The highest BCUT2D eigenvalue weighted by atomic mass is 16.6. The Morgan fingerprint density at radius 1 is 0.774 bits per heavy atom. The Labute approximate surface area is 306 Å². The van der Waals surface area contributed by atoms with Crippen LogP contribution in [0.25, 0.3) is 0 Å². The Bertz CT molecular complexity index is 1780. The number of carbonyl (C=O) groups excluding carboxylic acids is 5. The second kappa shape index (κ2) is 18.9. The summed E-state index contributed by atoms with van der Waals surface area (Å²) in [6.45, 7) is 8.33. The van der Waals surface area contributed by atoms with Gasteiger partial charge in [-0.25, -0.2) is 0 Å². The van der Waals surface area contributed by atoms with Crippen molar-refractivity contribution in [2.45, 2.75) is 71.6 Å². The van der Waals surface area contributed by atoms with E-state index in [1.54, 1.807) is 68.7 Å². The summed E-state index contributed by atoms with van der Waals surface area (Å²) in [4.78, 5) is 89.4. The van der Waals surface area contributed by atoms with Crippen molar-refractivity contribution < 1.29 is 33.8 Å². The molecule has 2 aromatic carbocycles. The summed E-state index contributed by atoms with van der Waals surface area (Å²) in [5.74, 6) is -3.33. The molecule has 4 N–H and O–H groups in total. The maximum Gasteiger partial charge on any atom is 0.299 e. The van der Waals surface area contributed by atoms with Crippen molar-refractivity contribution >= 4 is 46.6 Å². The van der Waals surface area contributed by atoms with E-state index in [2.05, 4.69) is 21.3 Å². The Balaban J connectivity index is 1.75. The third-order valence-corrected chi connectivity index (χ3v) is 8.28. The lowest BCUT2D eigenvalue weighted by Crippen LogP contribution is -2.58. The molecule has 0 unspecified atom stereocenters. The molecule has 4 atom stereocenters. The number of benzene rings is 2. The van der Waals surface area contributed by atoms with E-state index >= 15 is 0 Å². The van der Waals surface area contributed by atoms with Crippen LogP contribution < -0.4 is 21.3 Å². The summed E-state index contributed by atoms with van der Waals surface area (Å²) in [7, 11) is 1.47. The van der Waals surface area contributed by atoms with Crippen LogP contribution in [0.4, 0.5) is 17.1 Å². The van der Waals surface area contributed by atoms with Crippen LogP contribution >= 0.6 is 0 Å². The van der Waals surface area contributed by atoms with Gasteiger partial charge >= 0.3 is 0 Å². The number of anilines is 1. The number of nitro groups is 2. The van der Waals surface area contributed by atoms with Gasteiger partial charge in [-0.3, -0.25) is 48.8 Å². The summed E-state index contributed by atoms with van der Waals surface area (Å²) in [6, 6.07) is 10.6. The van der Waals surface area contributed by atoms with E-state index in [0.29, 0.717) is 5.56 Å². The fraction of sp³-hybridized carbons (Fsp3) is 0.417. The molecule has 0 aliphatic carbocycles. The SMILES string of the molecule is CC(C)C[C@H](NC(=O)[C@@H](NC(=O)[C@H](C)NC(=O)[C@H](Cc1ccccc1)Nc1ccc([N+](=O)[O-])cc1[N+](=O)[O-])C(C)C)C(=O)N(C)CC(=O)n1cccc1. The van der Waals surface area contributed by atoms with Crippen molar-refractivity contribution in [2.24, 2.45) is 11.8 Å². The van der Waals surface area contributed by atoms with Gasteiger partial charge in [-0.05, 0) is 48.9 Å². The molecule has 0 aliphatic rings. The zero-order chi connectivity index (χ0) is 39.4. The number of amides is 4. The topological polar surface area (TPSA) is 228 Å². The van der Waals surface area contributed by atoms with Gasteiger partial charge in [-0.15, -0.1) is 0 Å². The highest BCUT2D eigenvalue weighted by Crippen LogP contribution is 2.30. The van der Waals surface area contributed by atoms with E-state index in [1.165, 1.54) is 23.4 Å². The van der Waals surface area contributed by atoms with Gasteiger partial charge in [0.1, 0.15) is 36.4 Å². The van der Waals surface area contributed by atoms with Crippen molar-refractivity contribution in [3.8, 4) is 0 Å². The normalized spacial score (nSPS) is 13.3. The van der Waals surface area contributed by atoms with E-state index in [0.717, 1.165) is 18.2 Å². The van der Waals surface area contributed by atoms with Gasteiger partial charge in [0.15, 0.2) is 0 Å². The van der Waals surface area contributed by atoms with Gasteiger partial charge in [-0.2, -0.15) is 0 Å². The number of rotatable bonds is 18. The molecule has 0 saturated carbocycles. The van der Waals surface area contributed by atoms with Crippen LogP contribution in [0.15, 0.2) is 73.1 Å². The van der Waals surface area contributed by atoms with Crippen molar-refractivity contribution in [2.75, 3.05) is 18.9 Å². The average molecular weight is 735 g/mol. The molecule has 0 bridgehead atoms. The zero-order valence-corrected chi connectivity index (χ0v) is 30.5. The van der Waals surface area contributed by atoms with Crippen molar-refractivity contribution in [3.05, 3.63) is 98.8 Å². The third-order valence-electron chi connectivity index (χ3n) is 8.28. The summed E-state index contributed by atoms with van der Waals surface area (Å²) >= 11 is 0. The van der Waals surface area contributed by atoms with Crippen molar-refractivity contribution in [1.29, 1.82) is 0 Å². The molecule has 3 rings (SSSR count). The third kappa shape index (κ3) is 12.0. The van der Waals surface area contributed by atoms with E-state index in [4.69, 9.17) is 0 Å². The van der Waals surface area contributed by atoms with Crippen molar-refractivity contribution in [1.82, 2.24) is 25.4 Å². The number of hydrogen-bond donors (Lipinski definition) is 4. The first-order valence-electron chi connectivity index (χ1n) is 17.0. The van der Waals surface area contributed by atoms with Crippen LogP contribution in [0.2, 0.25) is 0 Å². The largest absolute Gasteiger partial charge is 0.368 e. The van der Waals surface area contributed by atoms with E-state index in [1.807, 2.05) is 13.8 Å². The Morgan fingerprint density at radius 2 is 1.42 bits per heavy atom. The second-order valence-corrected chi connectivity index (χ2v) is 13.4. The van der Waals surface area contributed by atoms with Gasteiger partial charge in [0.2, 0.25) is 29.5 Å². The molecule has 0 saturated heterocycles. The minimum atomic E-state index is -1.19. The number of likely N-dealkylation sites (N-methyl/N-ethyl adjacent to an activating group) is 1. The van der Waals surface area contributed by atoms with E-state index in [-0.39, 0.29) is 36.9 Å². The molecule has 1 aromatic heterocycles. The first-order valence-corrected chi connectivity index (χ1v) is 17.0. The Morgan fingerprint density at radius 3 is 1.98 bits per heavy atom. The quantitative estimate of drug-likeness (QED) is 0.110. The first kappa shape index (κ1) is 41.3. The number of nitrogens with one attached hydrogen (secondary N) is 4. The van der Waals surface area contributed by atoms with E-state index in [9.17, 15) is 44.2 Å². The zero-order valence-electron chi connectivity index (χ0n) is 30.5. The van der Waals surface area contributed by atoms with Gasteiger partial charge in [0, 0.05) is 31.9 Å². The maximum absolute atomic E-state index is 13.6.